The SMILES string of the molecule is Cc1cc(C)nc(C(C#N)C(=O)CCn2nc3ccccn3c2=O)n1. The number of ketones is 1. The second kappa shape index (κ2) is 6.65. The maximum atomic E-state index is 12.4. The summed E-state index contributed by atoms with van der Waals surface area (Å²) >= 11 is 0. The summed E-state index contributed by atoms with van der Waals surface area (Å²) in [5.41, 5.74) is 1.59. The van der Waals surface area contributed by atoms with Gasteiger partial charge in [0.05, 0.1) is 12.6 Å². The topological polar surface area (TPSA) is 106 Å². The molecular formula is C17H16N6O2. The molecule has 0 radical (unpaired) electrons. The number of hydrogen-bond donors (Lipinski definition) is 0. The van der Waals surface area contributed by atoms with Crippen molar-refractivity contribution >= 4 is 11.4 Å². The molecule has 0 spiro atoms. The van der Waals surface area contributed by atoms with Crippen LogP contribution in [0.25, 0.3) is 5.65 Å². The van der Waals surface area contributed by atoms with Gasteiger partial charge in [0.15, 0.2) is 23.2 Å². The van der Waals surface area contributed by atoms with Crippen molar-refractivity contribution in [3.05, 3.63) is 58.2 Å². The van der Waals surface area contributed by atoms with Crippen LogP contribution in [0, 0.1) is 25.2 Å². The monoisotopic (exact) mass is 336 g/mol. The van der Waals surface area contributed by atoms with Gasteiger partial charge in [-0.1, -0.05) is 6.07 Å². The molecule has 3 aromatic rings. The molecule has 3 heterocycles. The number of Topliss-reactive ketones (excluding diaryl/α,β-unsaturated/α-hetero) is 1. The van der Waals surface area contributed by atoms with Crippen LogP contribution in [0.3, 0.4) is 0 Å². The highest BCUT2D eigenvalue weighted by Crippen LogP contribution is 2.15. The lowest BCUT2D eigenvalue weighted by Gasteiger charge is -2.08. The molecule has 1 unspecified atom stereocenters. The Morgan fingerprint density at radius 1 is 1.28 bits per heavy atom. The van der Waals surface area contributed by atoms with Gasteiger partial charge in [-0.3, -0.25) is 9.20 Å². The number of pyridine rings is 1. The number of nitrogens with zero attached hydrogens (tertiary/aromatic N) is 6. The Kier molecular flexibility index (Phi) is 4.39. The second-order valence-electron chi connectivity index (χ2n) is 5.72. The number of rotatable bonds is 5. The zero-order chi connectivity index (χ0) is 18.0. The molecule has 0 aromatic carbocycles. The van der Waals surface area contributed by atoms with Gasteiger partial charge < -0.3 is 0 Å². The zero-order valence-electron chi connectivity index (χ0n) is 13.9. The predicted octanol–water partition coefficient (Wildman–Crippen LogP) is 1.17. The third kappa shape index (κ3) is 3.30. The van der Waals surface area contributed by atoms with E-state index in [1.54, 1.807) is 44.3 Å². The normalized spacial score (nSPS) is 12.0. The number of carbonyl (C=O) groups excluding carboxylic acids is 1. The van der Waals surface area contributed by atoms with Crippen LogP contribution in [0.4, 0.5) is 0 Å². The first kappa shape index (κ1) is 16.5. The molecule has 126 valence electrons. The fraction of sp³-hybridized carbons (Fsp3) is 0.294. The van der Waals surface area contributed by atoms with Gasteiger partial charge in [0.1, 0.15) is 0 Å². The van der Waals surface area contributed by atoms with Crippen molar-refractivity contribution in [1.29, 1.82) is 5.26 Å². The highest BCUT2D eigenvalue weighted by Gasteiger charge is 2.23. The van der Waals surface area contributed by atoms with Gasteiger partial charge in [0.2, 0.25) is 0 Å². The van der Waals surface area contributed by atoms with Crippen molar-refractivity contribution in [2.75, 3.05) is 0 Å². The van der Waals surface area contributed by atoms with Crippen LogP contribution in [-0.2, 0) is 11.3 Å². The van der Waals surface area contributed by atoms with E-state index in [4.69, 9.17) is 0 Å². The maximum Gasteiger partial charge on any atom is 0.350 e. The zero-order valence-corrected chi connectivity index (χ0v) is 13.9. The largest absolute Gasteiger partial charge is 0.350 e. The van der Waals surface area contributed by atoms with E-state index in [-0.39, 0.29) is 30.3 Å². The van der Waals surface area contributed by atoms with Gasteiger partial charge in [-0.2, -0.15) is 5.26 Å². The average Bonchev–Trinajstić information content (AvgIpc) is 2.89. The van der Waals surface area contributed by atoms with E-state index in [0.717, 1.165) is 0 Å². The first-order chi connectivity index (χ1) is 12.0. The summed E-state index contributed by atoms with van der Waals surface area (Å²) in [6, 6.07) is 8.96. The van der Waals surface area contributed by atoms with Crippen LogP contribution in [0.15, 0.2) is 35.3 Å². The Bertz CT molecular complexity index is 1020. The van der Waals surface area contributed by atoms with Crippen LogP contribution < -0.4 is 5.69 Å². The van der Waals surface area contributed by atoms with E-state index < -0.39 is 5.92 Å². The summed E-state index contributed by atoms with van der Waals surface area (Å²) in [5.74, 6) is -1.19. The Morgan fingerprint density at radius 3 is 2.64 bits per heavy atom. The molecule has 8 nitrogen and oxygen atoms in total. The molecule has 0 N–H and O–H groups in total. The summed E-state index contributed by atoms with van der Waals surface area (Å²) in [6.45, 7) is 3.67. The van der Waals surface area contributed by atoms with Gasteiger partial charge in [-0.25, -0.2) is 19.4 Å². The standard InChI is InChI=1S/C17H16N6O2/c1-11-9-12(2)20-16(19-11)13(10-18)14(24)6-8-23-17(25)22-7-4-3-5-15(22)21-23/h3-5,7,9,13H,6,8H2,1-2H3. The summed E-state index contributed by atoms with van der Waals surface area (Å²) in [7, 11) is 0. The molecule has 1 atom stereocenters. The molecule has 0 aliphatic carbocycles. The second-order valence-corrected chi connectivity index (χ2v) is 5.72. The highest BCUT2D eigenvalue weighted by atomic mass is 16.2. The number of hydrogen-bond acceptors (Lipinski definition) is 6. The van der Waals surface area contributed by atoms with Crippen molar-refractivity contribution in [2.24, 2.45) is 0 Å². The molecule has 0 aliphatic rings. The minimum Gasteiger partial charge on any atom is -0.298 e. The van der Waals surface area contributed by atoms with Crippen molar-refractivity contribution in [3.8, 4) is 6.07 Å². The fourth-order valence-corrected chi connectivity index (χ4v) is 2.63. The summed E-state index contributed by atoms with van der Waals surface area (Å²) in [6.07, 6.45) is 1.61. The summed E-state index contributed by atoms with van der Waals surface area (Å²) in [5, 5.41) is 13.5. The van der Waals surface area contributed by atoms with E-state index in [0.29, 0.717) is 17.0 Å². The van der Waals surface area contributed by atoms with E-state index in [1.807, 2.05) is 6.07 Å². The van der Waals surface area contributed by atoms with E-state index in [1.165, 1.54) is 9.08 Å². The molecule has 0 saturated carbocycles. The Hall–Kier alpha value is -3.34. The first-order valence-electron chi connectivity index (χ1n) is 7.78. The average molecular weight is 336 g/mol. The summed E-state index contributed by atoms with van der Waals surface area (Å²) in [4.78, 5) is 33.0. The van der Waals surface area contributed by atoms with Crippen LogP contribution in [0.5, 0.6) is 0 Å². The quantitative estimate of drug-likeness (QED) is 0.692. The fourth-order valence-electron chi connectivity index (χ4n) is 2.63. The van der Waals surface area contributed by atoms with Crippen molar-refractivity contribution in [3.63, 3.8) is 0 Å². The van der Waals surface area contributed by atoms with Crippen molar-refractivity contribution in [2.45, 2.75) is 32.7 Å². The van der Waals surface area contributed by atoms with Crippen molar-refractivity contribution < 1.29 is 4.79 Å². The molecule has 0 fully saturated rings. The molecule has 0 amide bonds. The number of aromatic nitrogens is 5. The number of aryl methyl sites for hydroxylation is 3. The first-order valence-corrected chi connectivity index (χ1v) is 7.78. The van der Waals surface area contributed by atoms with Crippen LogP contribution in [0.1, 0.15) is 29.6 Å². The third-order valence-corrected chi connectivity index (χ3v) is 3.77. The molecule has 3 aromatic heterocycles. The molecule has 25 heavy (non-hydrogen) atoms. The molecule has 0 saturated heterocycles. The maximum absolute atomic E-state index is 12.4. The molecule has 3 rings (SSSR count). The lowest BCUT2D eigenvalue weighted by molar-refractivity contribution is -0.119. The van der Waals surface area contributed by atoms with Crippen LogP contribution >= 0.6 is 0 Å². The third-order valence-electron chi connectivity index (χ3n) is 3.77. The van der Waals surface area contributed by atoms with E-state index >= 15 is 0 Å². The Morgan fingerprint density at radius 2 is 2.00 bits per heavy atom. The minimum atomic E-state index is -1.05. The Labute approximate surface area is 143 Å². The van der Waals surface area contributed by atoms with Gasteiger partial charge in [0, 0.05) is 24.0 Å². The predicted molar refractivity (Wildman–Crippen MR) is 88.9 cm³/mol. The molecular weight excluding hydrogens is 320 g/mol. The lowest BCUT2D eigenvalue weighted by atomic mass is 10.0. The van der Waals surface area contributed by atoms with E-state index in [2.05, 4.69) is 15.1 Å². The minimum absolute atomic E-state index is 0.00162. The lowest BCUT2D eigenvalue weighted by Crippen LogP contribution is -2.24. The molecule has 0 aliphatic heterocycles. The van der Waals surface area contributed by atoms with Gasteiger partial charge in [-0.05, 0) is 32.0 Å². The number of fused-ring (bicyclic) bond motifs is 1. The van der Waals surface area contributed by atoms with Crippen LogP contribution in [-0.4, -0.2) is 29.9 Å². The van der Waals surface area contributed by atoms with Crippen LogP contribution in [0.2, 0.25) is 0 Å². The molecule has 0 bridgehead atoms. The van der Waals surface area contributed by atoms with E-state index in [9.17, 15) is 14.9 Å². The smallest absolute Gasteiger partial charge is 0.298 e. The van der Waals surface area contributed by atoms with Crippen molar-refractivity contribution in [1.82, 2.24) is 24.1 Å². The molecule has 8 heteroatoms. The number of nitriles is 1. The van der Waals surface area contributed by atoms with Gasteiger partial charge in [-0.15, -0.1) is 5.10 Å². The number of carbonyl (C=O) groups is 1. The summed E-state index contributed by atoms with van der Waals surface area (Å²) < 4.78 is 2.63. The highest BCUT2D eigenvalue weighted by molar-refractivity contribution is 5.87. The Balaban J connectivity index is 1.79. The van der Waals surface area contributed by atoms with Gasteiger partial charge in [0.25, 0.3) is 0 Å². The van der Waals surface area contributed by atoms with Gasteiger partial charge >= 0.3 is 5.69 Å².